The highest BCUT2D eigenvalue weighted by Gasteiger charge is 1.97. The van der Waals surface area contributed by atoms with E-state index in [1.54, 1.807) is 31.4 Å². The summed E-state index contributed by atoms with van der Waals surface area (Å²) < 4.78 is 15.4. The maximum Gasteiger partial charge on any atom is 0.218 e. The Morgan fingerprint density at radius 2 is 1.91 bits per heavy atom. The maximum atomic E-state index is 10.5. The van der Waals surface area contributed by atoms with Crippen LogP contribution < -0.4 is 10.0 Å². The molecule has 11 heavy (non-hydrogen) atoms. The van der Waals surface area contributed by atoms with Gasteiger partial charge in [0.05, 0.1) is 7.11 Å². The van der Waals surface area contributed by atoms with Gasteiger partial charge in [0.25, 0.3) is 0 Å². The average molecular weight is 172 g/mol. The second kappa shape index (κ2) is 3.56. The van der Waals surface area contributed by atoms with Crippen molar-refractivity contribution in [1.29, 1.82) is 0 Å². The fraction of sp³-hybridized carbons (Fsp3) is 0.143. The second-order valence-corrected chi connectivity index (χ2v) is 3.22. The number of hydrogen-bond donors (Lipinski definition) is 1. The third kappa shape index (κ3) is 2.07. The number of ether oxygens (including phenoxy) is 1. The monoisotopic (exact) mass is 172 g/mol. The zero-order valence-corrected chi connectivity index (χ0v) is 7.07. The third-order valence-corrected chi connectivity index (χ3v) is 2.16. The van der Waals surface area contributed by atoms with E-state index < -0.39 is 8.03 Å². The summed E-state index contributed by atoms with van der Waals surface area (Å²) in [5.41, 5.74) is 0. The predicted molar refractivity (Wildman–Crippen MR) is 43.8 cm³/mol. The summed E-state index contributed by atoms with van der Waals surface area (Å²) in [6, 6.07) is 6.49. The highest BCUT2D eigenvalue weighted by molar-refractivity contribution is 7.47. The second-order valence-electron chi connectivity index (χ2n) is 2.03. The van der Waals surface area contributed by atoms with Crippen molar-refractivity contribution in [3.63, 3.8) is 0 Å². The van der Waals surface area contributed by atoms with Crippen molar-refractivity contribution >= 4 is 13.3 Å². The predicted octanol–water partition coefficient (Wildman–Crippen LogP) is 0.787. The SMILES string of the molecule is COc1ccc([PH](=O)O)cc1. The van der Waals surface area contributed by atoms with Crippen molar-refractivity contribution in [2.24, 2.45) is 0 Å². The first-order valence-corrected chi connectivity index (χ1v) is 4.47. The molecule has 0 aliphatic heterocycles. The van der Waals surface area contributed by atoms with E-state index in [4.69, 9.17) is 9.63 Å². The summed E-state index contributed by atoms with van der Waals surface area (Å²) in [5, 5.41) is 0.454. The highest BCUT2D eigenvalue weighted by atomic mass is 31.1. The first-order valence-electron chi connectivity index (χ1n) is 3.11. The van der Waals surface area contributed by atoms with Crippen LogP contribution in [0.25, 0.3) is 0 Å². The number of rotatable bonds is 2. The zero-order valence-electron chi connectivity index (χ0n) is 6.07. The first-order chi connectivity index (χ1) is 5.24. The Hall–Kier alpha value is -0.790. The number of methoxy groups -OCH3 is 1. The van der Waals surface area contributed by atoms with Crippen LogP contribution in [-0.2, 0) is 4.57 Å². The van der Waals surface area contributed by atoms with E-state index in [0.29, 0.717) is 11.1 Å². The van der Waals surface area contributed by atoms with Crippen LogP contribution in [0, 0.1) is 0 Å². The fourth-order valence-electron chi connectivity index (χ4n) is 0.734. The molecule has 0 fully saturated rings. The highest BCUT2D eigenvalue weighted by Crippen LogP contribution is 2.15. The van der Waals surface area contributed by atoms with Crippen molar-refractivity contribution in [3.8, 4) is 5.75 Å². The molecule has 0 aromatic heterocycles. The van der Waals surface area contributed by atoms with E-state index in [1.807, 2.05) is 0 Å². The maximum absolute atomic E-state index is 10.5. The molecule has 1 aromatic carbocycles. The largest absolute Gasteiger partial charge is 0.497 e. The summed E-state index contributed by atoms with van der Waals surface area (Å²) in [6.07, 6.45) is 0. The minimum Gasteiger partial charge on any atom is -0.497 e. The fourth-order valence-corrected chi connectivity index (χ4v) is 1.19. The quantitative estimate of drug-likeness (QED) is 0.671. The third-order valence-electron chi connectivity index (χ3n) is 1.34. The van der Waals surface area contributed by atoms with Gasteiger partial charge in [0.15, 0.2) is 0 Å². The summed E-state index contributed by atoms with van der Waals surface area (Å²) >= 11 is 0. The van der Waals surface area contributed by atoms with Gasteiger partial charge in [-0.15, -0.1) is 0 Å². The smallest absolute Gasteiger partial charge is 0.218 e. The van der Waals surface area contributed by atoms with Crippen molar-refractivity contribution in [3.05, 3.63) is 24.3 Å². The summed E-state index contributed by atoms with van der Waals surface area (Å²) in [5.74, 6) is 0.692. The normalized spacial score (nSPS) is 12.5. The van der Waals surface area contributed by atoms with Crippen molar-refractivity contribution in [2.75, 3.05) is 7.11 Å². The lowest BCUT2D eigenvalue weighted by molar-refractivity contribution is 0.415. The molecule has 3 nitrogen and oxygen atoms in total. The standard InChI is InChI=1S/C7H9O3P/c1-10-6-2-4-7(5-3-6)11(8)9/h2-5,11H,1H3,(H,8,9). The van der Waals surface area contributed by atoms with E-state index in [-0.39, 0.29) is 0 Å². The van der Waals surface area contributed by atoms with Crippen LogP contribution in [0.2, 0.25) is 0 Å². The molecular weight excluding hydrogens is 163 g/mol. The Morgan fingerprint density at radius 3 is 2.27 bits per heavy atom. The molecule has 0 bridgehead atoms. The molecule has 1 aromatic rings. The molecule has 0 saturated carbocycles. The summed E-state index contributed by atoms with van der Waals surface area (Å²) in [4.78, 5) is 8.69. The lowest BCUT2D eigenvalue weighted by Gasteiger charge is -1.98. The Balaban J connectivity index is 2.91. The molecule has 0 aliphatic carbocycles. The van der Waals surface area contributed by atoms with Crippen molar-refractivity contribution < 1.29 is 14.2 Å². The van der Waals surface area contributed by atoms with Gasteiger partial charge in [0.2, 0.25) is 8.03 Å². The van der Waals surface area contributed by atoms with E-state index in [2.05, 4.69) is 0 Å². The molecule has 1 rings (SSSR count). The Morgan fingerprint density at radius 1 is 1.36 bits per heavy atom. The molecule has 0 amide bonds. The lowest BCUT2D eigenvalue weighted by Crippen LogP contribution is -1.94. The molecule has 0 heterocycles. The van der Waals surface area contributed by atoms with Crippen LogP contribution in [0.4, 0.5) is 0 Å². The Labute approximate surface area is 65.5 Å². The van der Waals surface area contributed by atoms with Crippen LogP contribution >= 0.6 is 8.03 Å². The molecule has 0 spiro atoms. The van der Waals surface area contributed by atoms with E-state index in [9.17, 15) is 4.57 Å². The van der Waals surface area contributed by atoms with E-state index in [1.165, 1.54) is 0 Å². The zero-order chi connectivity index (χ0) is 8.27. The molecule has 1 atom stereocenters. The van der Waals surface area contributed by atoms with Crippen LogP contribution in [-0.4, -0.2) is 12.0 Å². The number of hydrogen-bond acceptors (Lipinski definition) is 2. The number of benzene rings is 1. The van der Waals surface area contributed by atoms with Crippen molar-refractivity contribution in [1.82, 2.24) is 0 Å². The molecule has 4 heteroatoms. The van der Waals surface area contributed by atoms with Gasteiger partial charge in [-0.1, -0.05) is 0 Å². The van der Waals surface area contributed by atoms with Gasteiger partial charge in [-0.05, 0) is 24.3 Å². The lowest BCUT2D eigenvalue weighted by atomic mass is 10.3. The molecule has 0 saturated heterocycles. The minimum atomic E-state index is -2.54. The van der Waals surface area contributed by atoms with Gasteiger partial charge in [-0.25, -0.2) is 0 Å². The van der Waals surface area contributed by atoms with Crippen LogP contribution in [0.5, 0.6) is 5.75 Å². The topological polar surface area (TPSA) is 46.5 Å². The van der Waals surface area contributed by atoms with Gasteiger partial charge < -0.3 is 9.63 Å². The molecule has 60 valence electrons. The van der Waals surface area contributed by atoms with Gasteiger partial charge in [-0.2, -0.15) is 0 Å². The van der Waals surface area contributed by atoms with E-state index >= 15 is 0 Å². The Kier molecular flexibility index (Phi) is 2.69. The van der Waals surface area contributed by atoms with Crippen LogP contribution in [0.3, 0.4) is 0 Å². The molecule has 1 unspecified atom stereocenters. The first kappa shape index (κ1) is 8.31. The van der Waals surface area contributed by atoms with Gasteiger partial charge in [0, 0.05) is 5.30 Å². The van der Waals surface area contributed by atoms with E-state index in [0.717, 1.165) is 0 Å². The molecule has 1 N–H and O–H groups in total. The van der Waals surface area contributed by atoms with Gasteiger partial charge >= 0.3 is 0 Å². The molecule has 0 radical (unpaired) electrons. The molecule has 0 aliphatic rings. The average Bonchev–Trinajstić information content (AvgIpc) is 2.05. The van der Waals surface area contributed by atoms with Crippen LogP contribution in [0.1, 0.15) is 0 Å². The van der Waals surface area contributed by atoms with Gasteiger partial charge in [0.1, 0.15) is 5.75 Å². The van der Waals surface area contributed by atoms with Crippen molar-refractivity contribution in [2.45, 2.75) is 0 Å². The Bertz CT molecular complexity index is 255. The molecular formula is C7H9O3P. The summed E-state index contributed by atoms with van der Waals surface area (Å²) in [7, 11) is -0.990. The summed E-state index contributed by atoms with van der Waals surface area (Å²) in [6.45, 7) is 0. The minimum absolute atomic E-state index is 0.454. The van der Waals surface area contributed by atoms with Gasteiger partial charge in [-0.3, -0.25) is 4.57 Å². The van der Waals surface area contributed by atoms with Crippen LogP contribution in [0.15, 0.2) is 24.3 Å².